The predicted molar refractivity (Wildman–Crippen MR) is 117 cm³/mol. The number of carbonyl (C=O) groups is 1. The van der Waals surface area contributed by atoms with Crippen LogP contribution in [0.15, 0.2) is 29.3 Å². The average molecular weight is 495 g/mol. The summed E-state index contributed by atoms with van der Waals surface area (Å²) in [6.45, 7) is 4.43. The lowest BCUT2D eigenvalue weighted by Gasteiger charge is -2.32. The first-order chi connectivity index (χ1) is 12.1. The van der Waals surface area contributed by atoms with Crippen LogP contribution < -0.4 is 10.6 Å². The highest BCUT2D eigenvalue weighted by Gasteiger charge is 2.23. The van der Waals surface area contributed by atoms with E-state index < -0.39 is 0 Å². The molecule has 0 bridgehead atoms. The number of likely N-dealkylation sites (tertiary alicyclic amines) is 1. The molecule has 26 heavy (non-hydrogen) atoms. The first kappa shape index (κ1) is 22.8. The number of halogens is 2. The Kier molecular flexibility index (Phi) is 10.7. The molecule has 0 spiro atoms. The molecule has 0 aromatic heterocycles. The summed E-state index contributed by atoms with van der Waals surface area (Å²) in [7, 11) is 1.77. The van der Waals surface area contributed by atoms with Gasteiger partial charge in [0.2, 0.25) is 0 Å². The molecule has 1 heterocycles. The van der Waals surface area contributed by atoms with Gasteiger partial charge in [-0.2, -0.15) is 0 Å². The zero-order valence-electron chi connectivity index (χ0n) is 15.3. The summed E-state index contributed by atoms with van der Waals surface area (Å²) in [5.41, 5.74) is 1.19. The van der Waals surface area contributed by atoms with Gasteiger partial charge >= 0.3 is 6.09 Å². The predicted octanol–water partition coefficient (Wildman–Crippen LogP) is 3.29. The van der Waals surface area contributed by atoms with Gasteiger partial charge in [0.05, 0.1) is 6.61 Å². The molecule has 1 aromatic carbocycles. The van der Waals surface area contributed by atoms with Gasteiger partial charge in [0.15, 0.2) is 5.96 Å². The molecule has 0 saturated carbocycles. The fourth-order valence-corrected chi connectivity index (χ4v) is 3.04. The summed E-state index contributed by atoms with van der Waals surface area (Å²) in [5.74, 6) is 0.789. The lowest BCUT2D eigenvalue weighted by atomic mass is 10.1. The van der Waals surface area contributed by atoms with Crippen molar-refractivity contribution in [3.63, 3.8) is 0 Å². The molecular formula is C18H28ClIN4O2. The zero-order valence-corrected chi connectivity index (χ0v) is 18.4. The van der Waals surface area contributed by atoms with Crippen molar-refractivity contribution in [1.29, 1.82) is 0 Å². The molecule has 1 amide bonds. The third-order valence-corrected chi connectivity index (χ3v) is 4.42. The number of carbonyl (C=O) groups excluding carboxylic acids is 1. The highest BCUT2D eigenvalue weighted by Crippen LogP contribution is 2.12. The number of benzene rings is 1. The maximum absolute atomic E-state index is 11.7. The summed E-state index contributed by atoms with van der Waals surface area (Å²) in [6, 6.07) is 8.19. The number of amides is 1. The zero-order chi connectivity index (χ0) is 18.1. The highest BCUT2D eigenvalue weighted by atomic mass is 127. The minimum Gasteiger partial charge on any atom is -0.450 e. The molecule has 2 N–H and O–H groups in total. The standard InChI is InChI=1S/C18H27ClN4O2.HI/c1-3-25-18(24)23-11-8-16(9-12-23)22-17(20-2)21-10-7-14-5-4-6-15(19)13-14;/h4-6,13,16H,3,7-12H2,1-2H3,(H2,20,21,22);1H. The van der Waals surface area contributed by atoms with Crippen LogP contribution in [0.4, 0.5) is 4.79 Å². The van der Waals surface area contributed by atoms with Gasteiger partial charge in [-0.3, -0.25) is 4.99 Å². The number of hydrogen-bond acceptors (Lipinski definition) is 3. The van der Waals surface area contributed by atoms with E-state index in [0.29, 0.717) is 25.7 Å². The Morgan fingerprint density at radius 1 is 1.38 bits per heavy atom. The molecule has 1 aromatic rings. The summed E-state index contributed by atoms with van der Waals surface area (Å²) < 4.78 is 5.04. The molecule has 0 aliphatic carbocycles. The van der Waals surface area contributed by atoms with Gasteiger partial charge < -0.3 is 20.3 Å². The molecule has 1 saturated heterocycles. The fraction of sp³-hybridized carbons (Fsp3) is 0.556. The van der Waals surface area contributed by atoms with Crippen molar-refractivity contribution in [3.8, 4) is 0 Å². The minimum absolute atomic E-state index is 0. The van der Waals surface area contributed by atoms with Gasteiger partial charge in [-0.05, 0) is 43.9 Å². The van der Waals surface area contributed by atoms with E-state index in [1.807, 2.05) is 25.1 Å². The van der Waals surface area contributed by atoms with Crippen LogP contribution >= 0.6 is 35.6 Å². The van der Waals surface area contributed by atoms with Gasteiger partial charge in [-0.25, -0.2) is 4.79 Å². The molecule has 8 heteroatoms. The van der Waals surface area contributed by atoms with E-state index in [0.717, 1.165) is 36.8 Å². The van der Waals surface area contributed by atoms with E-state index in [-0.39, 0.29) is 30.1 Å². The van der Waals surface area contributed by atoms with Crippen LogP contribution in [-0.4, -0.2) is 56.3 Å². The van der Waals surface area contributed by atoms with Crippen molar-refractivity contribution in [3.05, 3.63) is 34.9 Å². The van der Waals surface area contributed by atoms with Gasteiger partial charge in [-0.1, -0.05) is 23.7 Å². The number of rotatable bonds is 5. The molecule has 1 aliphatic heterocycles. The summed E-state index contributed by atoms with van der Waals surface area (Å²) in [4.78, 5) is 17.8. The number of nitrogens with one attached hydrogen (secondary N) is 2. The van der Waals surface area contributed by atoms with Crippen LogP contribution in [-0.2, 0) is 11.2 Å². The Hall–Kier alpha value is -1.22. The quantitative estimate of drug-likeness (QED) is 0.375. The molecule has 0 unspecified atom stereocenters. The number of guanidine groups is 1. The van der Waals surface area contributed by atoms with E-state index >= 15 is 0 Å². The molecule has 6 nitrogen and oxygen atoms in total. The normalized spacial score (nSPS) is 15.2. The monoisotopic (exact) mass is 494 g/mol. The van der Waals surface area contributed by atoms with E-state index in [9.17, 15) is 4.79 Å². The number of nitrogens with zero attached hydrogens (tertiary/aromatic N) is 2. The summed E-state index contributed by atoms with van der Waals surface area (Å²) >= 11 is 6.00. The van der Waals surface area contributed by atoms with Crippen molar-refractivity contribution in [1.82, 2.24) is 15.5 Å². The molecular weight excluding hydrogens is 467 g/mol. The van der Waals surface area contributed by atoms with Crippen LogP contribution in [0.25, 0.3) is 0 Å². The molecule has 146 valence electrons. The second-order valence-electron chi connectivity index (χ2n) is 5.98. The fourth-order valence-electron chi connectivity index (χ4n) is 2.83. The molecule has 1 fully saturated rings. The van der Waals surface area contributed by atoms with Crippen molar-refractivity contribution in [2.24, 2.45) is 4.99 Å². The Balaban J connectivity index is 0.00000338. The highest BCUT2D eigenvalue weighted by molar-refractivity contribution is 14.0. The Bertz CT molecular complexity index is 592. The largest absolute Gasteiger partial charge is 0.450 e. The smallest absolute Gasteiger partial charge is 0.409 e. The van der Waals surface area contributed by atoms with Crippen LogP contribution in [0.5, 0.6) is 0 Å². The summed E-state index contributed by atoms with van der Waals surface area (Å²) in [6.07, 6.45) is 2.43. The van der Waals surface area contributed by atoms with Crippen molar-refractivity contribution < 1.29 is 9.53 Å². The van der Waals surface area contributed by atoms with Gasteiger partial charge in [-0.15, -0.1) is 24.0 Å². The first-order valence-electron chi connectivity index (χ1n) is 8.75. The third kappa shape index (κ3) is 7.57. The number of piperidine rings is 1. The van der Waals surface area contributed by atoms with Crippen molar-refractivity contribution >= 4 is 47.6 Å². The third-order valence-electron chi connectivity index (χ3n) is 4.18. The lowest BCUT2D eigenvalue weighted by molar-refractivity contribution is 0.0963. The Labute approximate surface area is 177 Å². The topological polar surface area (TPSA) is 66.0 Å². The number of hydrogen-bond donors (Lipinski definition) is 2. The minimum atomic E-state index is -0.218. The van der Waals surface area contributed by atoms with Crippen molar-refractivity contribution in [2.45, 2.75) is 32.2 Å². The van der Waals surface area contributed by atoms with Crippen LogP contribution in [0, 0.1) is 0 Å². The van der Waals surface area contributed by atoms with Gasteiger partial charge in [0, 0.05) is 37.7 Å². The summed E-state index contributed by atoms with van der Waals surface area (Å²) in [5, 5.41) is 7.52. The van der Waals surface area contributed by atoms with Crippen molar-refractivity contribution in [2.75, 3.05) is 33.3 Å². The second-order valence-corrected chi connectivity index (χ2v) is 6.42. The van der Waals surface area contributed by atoms with E-state index in [2.05, 4.69) is 21.7 Å². The van der Waals surface area contributed by atoms with Gasteiger partial charge in [0.1, 0.15) is 0 Å². The molecule has 1 aliphatic rings. The lowest BCUT2D eigenvalue weighted by Crippen LogP contribution is -2.50. The SMILES string of the molecule is CCOC(=O)N1CCC(NC(=NC)NCCc2cccc(Cl)c2)CC1.I. The van der Waals surface area contributed by atoms with Crippen LogP contribution in [0.3, 0.4) is 0 Å². The van der Waals surface area contributed by atoms with Crippen LogP contribution in [0.2, 0.25) is 5.02 Å². The van der Waals surface area contributed by atoms with E-state index in [1.54, 1.807) is 11.9 Å². The maximum atomic E-state index is 11.7. The Morgan fingerprint density at radius 2 is 2.12 bits per heavy atom. The Morgan fingerprint density at radius 3 is 2.73 bits per heavy atom. The maximum Gasteiger partial charge on any atom is 0.409 e. The number of aliphatic imine (C=N–C) groups is 1. The number of ether oxygens (including phenoxy) is 1. The van der Waals surface area contributed by atoms with Crippen LogP contribution in [0.1, 0.15) is 25.3 Å². The molecule has 2 rings (SSSR count). The molecule has 0 radical (unpaired) electrons. The second kappa shape index (κ2) is 12.2. The average Bonchev–Trinajstić information content (AvgIpc) is 2.61. The van der Waals surface area contributed by atoms with Gasteiger partial charge in [0.25, 0.3) is 0 Å². The first-order valence-corrected chi connectivity index (χ1v) is 9.13. The van der Waals surface area contributed by atoms with E-state index in [4.69, 9.17) is 16.3 Å². The van der Waals surface area contributed by atoms with E-state index in [1.165, 1.54) is 5.56 Å². The molecule has 0 atom stereocenters.